The largest absolute Gasteiger partial charge is 0.478 e. The van der Waals surface area contributed by atoms with Crippen molar-refractivity contribution in [2.75, 3.05) is 13.1 Å². The van der Waals surface area contributed by atoms with Crippen LogP contribution in [0.2, 0.25) is 0 Å². The van der Waals surface area contributed by atoms with Crippen molar-refractivity contribution in [3.05, 3.63) is 35.1 Å². The Morgan fingerprint density at radius 1 is 1.38 bits per heavy atom. The Morgan fingerprint density at radius 2 is 2.06 bits per heavy atom. The normalized spacial score (nSPS) is 17.3. The van der Waals surface area contributed by atoms with Gasteiger partial charge in [0.2, 0.25) is 0 Å². The highest BCUT2D eigenvalue weighted by molar-refractivity contribution is 5.87. The second-order valence-electron chi connectivity index (χ2n) is 4.07. The first-order valence-corrected chi connectivity index (χ1v) is 5.42. The van der Waals surface area contributed by atoms with Crippen molar-refractivity contribution in [3.8, 4) is 0 Å². The van der Waals surface area contributed by atoms with Gasteiger partial charge >= 0.3 is 5.97 Å². The van der Waals surface area contributed by atoms with Gasteiger partial charge in [0.1, 0.15) is 5.82 Å². The Hall–Kier alpha value is -1.42. The van der Waals surface area contributed by atoms with Crippen molar-refractivity contribution in [2.45, 2.75) is 18.8 Å². The van der Waals surface area contributed by atoms with Crippen molar-refractivity contribution in [1.82, 2.24) is 5.32 Å². The Bertz CT molecular complexity index is 400. The second-order valence-corrected chi connectivity index (χ2v) is 4.07. The predicted molar refractivity (Wildman–Crippen MR) is 58.2 cm³/mol. The van der Waals surface area contributed by atoms with E-state index >= 15 is 0 Å². The summed E-state index contributed by atoms with van der Waals surface area (Å²) in [6.45, 7) is 1.87. The fourth-order valence-corrected chi connectivity index (χ4v) is 2.11. The van der Waals surface area contributed by atoms with Gasteiger partial charge in [-0.3, -0.25) is 0 Å². The molecule has 1 aromatic carbocycles. The van der Waals surface area contributed by atoms with Crippen molar-refractivity contribution in [3.63, 3.8) is 0 Å². The molecule has 0 amide bonds. The molecule has 1 aliphatic rings. The molecule has 0 unspecified atom stereocenters. The number of hydrogen-bond donors (Lipinski definition) is 2. The van der Waals surface area contributed by atoms with Crippen molar-refractivity contribution >= 4 is 5.97 Å². The van der Waals surface area contributed by atoms with Gasteiger partial charge in [0, 0.05) is 0 Å². The van der Waals surface area contributed by atoms with Crippen LogP contribution in [-0.4, -0.2) is 24.2 Å². The van der Waals surface area contributed by atoms with E-state index in [1.165, 1.54) is 12.1 Å². The van der Waals surface area contributed by atoms with Crippen LogP contribution in [0.15, 0.2) is 18.2 Å². The molecule has 4 heteroatoms. The van der Waals surface area contributed by atoms with Crippen LogP contribution in [0.5, 0.6) is 0 Å². The van der Waals surface area contributed by atoms with Gasteiger partial charge in [-0.05, 0) is 49.5 Å². The molecule has 3 nitrogen and oxygen atoms in total. The lowest BCUT2D eigenvalue weighted by molar-refractivity contribution is 0.0692. The van der Waals surface area contributed by atoms with E-state index in [-0.39, 0.29) is 5.56 Å². The van der Waals surface area contributed by atoms with E-state index in [2.05, 4.69) is 5.32 Å². The number of rotatable bonds is 2. The third-order valence-electron chi connectivity index (χ3n) is 3.03. The van der Waals surface area contributed by atoms with Gasteiger partial charge < -0.3 is 10.4 Å². The third-order valence-corrected chi connectivity index (χ3v) is 3.03. The molecule has 0 aliphatic carbocycles. The number of piperidine rings is 1. The molecule has 2 N–H and O–H groups in total. The minimum absolute atomic E-state index is 0.252. The number of halogens is 1. The van der Waals surface area contributed by atoms with E-state index in [0.29, 0.717) is 5.92 Å². The van der Waals surface area contributed by atoms with Gasteiger partial charge in [-0.15, -0.1) is 0 Å². The molecule has 0 bridgehead atoms. The standard InChI is InChI=1S/C12H14FNO2/c13-11-7-9(1-2-10(11)12(15)16)8-3-5-14-6-4-8/h1-2,7-8,14H,3-6H2,(H,15,16). The van der Waals surface area contributed by atoms with E-state index in [0.717, 1.165) is 31.5 Å². The Balaban J connectivity index is 2.23. The molecule has 2 rings (SSSR count). The topological polar surface area (TPSA) is 49.3 Å². The molecule has 16 heavy (non-hydrogen) atoms. The van der Waals surface area contributed by atoms with Crippen molar-refractivity contribution < 1.29 is 14.3 Å². The van der Waals surface area contributed by atoms with E-state index in [4.69, 9.17) is 5.11 Å². The summed E-state index contributed by atoms with van der Waals surface area (Å²) < 4.78 is 13.5. The smallest absolute Gasteiger partial charge is 0.338 e. The van der Waals surface area contributed by atoms with E-state index < -0.39 is 11.8 Å². The first kappa shape index (κ1) is 11.1. The van der Waals surface area contributed by atoms with Crippen LogP contribution in [-0.2, 0) is 0 Å². The summed E-state index contributed by atoms with van der Waals surface area (Å²) in [4.78, 5) is 10.7. The Kier molecular flexibility index (Phi) is 3.19. The minimum atomic E-state index is -1.21. The number of carbonyl (C=O) groups is 1. The van der Waals surface area contributed by atoms with Crippen LogP contribution in [0.4, 0.5) is 4.39 Å². The van der Waals surface area contributed by atoms with Crippen molar-refractivity contribution in [2.24, 2.45) is 0 Å². The maximum atomic E-state index is 13.5. The molecule has 1 saturated heterocycles. The van der Waals surface area contributed by atoms with Crippen LogP contribution in [0.1, 0.15) is 34.7 Å². The van der Waals surface area contributed by atoms with Gasteiger partial charge in [-0.1, -0.05) is 6.07 Å². The second kappa shape index (κ2) is 4.61. The van der Waals surface area contributed by atoms with Gasteiger partial charge in [0.05, 0.1) is 5.56 Å². The summed E-state index contributed by atoms with van der Waals surface area (Å²) in [6, 6.07) is 4.44. The highest BCUT2D eigenvalue weighted by Gasteiger charge is 2.18. The quantitative estimate of drug-likeness (QED) is 0.806. The summed E-state index contributed by atoms with van der Waals surface area (Å²) in [7, 11) is 0. The van der Waals surface area contributed by atoms with E-state index in [9.17, 15) is 9.18 Å². The first-order valence-electron chi connectivity index (χ1n) is 5.42. The molecule has 0 atom stereocenters. The number of nitrogens with one attached hydrogen (secondary N) is 1. The van der Waals surface area contributed by atoms with Gasteiger partial charge in [0.15, 0.2) is 0 Å². The zero-order chi connectivity index (χ0) is 11.5. The Morgan fingerprint density at radius 3 is 2.62 bits per heavy atom. The van der Waals surface area contributed by atoms with Crippen LogP contribution in [0, 0.1) is 5.82 Å². The van der Waals surface area contributed by atoms with Crippen LogP contribution in [0.25, 0.3) is 0 Å². The number of carboxylic acids is 1. The summed E-state index contributed by atoms with van der Waals surface area (Å²) in [5.41, 5.74) is 0.654. The third kappa shape index (κ3) is 2.22. The summed E-state index contributed by atoms with van der Waals surface area (Å²) >= 11 is 0. The number of aromatic carboxylic acids is 1. The molecule has 1 heterocycles. The SMILES string of the molecule is O=C(O)c1ccc(C2CCNCC2)cc1F. The molecule has 0 radical (unpaired) electrons. The average molecular weight is 223 g/mol. The molecule has 1 aromatic rings. The Labute approximate surface area is 93.3 Å². The molecule has 86 valence electrons. The molecular formula is C12H14FNO2. The number of hydrogen-bond acceptors (Lipinski definition) is 2. The summed E-state index contributed by atoms with van der Waals surface area (Å²) in [5.74, 6) is -1.50. The molecule has 0 spiro atoms. The molecule has 0 aromatic heterocycles. The fraction of sp³-hybridized carbons (Fsp3) is 0.417. The lowest BCUT2D eigenvalue weighted by Gasteiger charge is -2.23. The summed E-state index contributed by atoms with van der Waals surface area (Å²) in [6.07, 6.45) is 1.96. The van der Waals surface area contributed by atoms with Gasteiger partial charge in [0.25, 0.3) is 0 Å². The highest BCUT2D eigenvalue weighted by atomic mass is 19.1. The summed E-state index contributed by atoms with van der Waals surface area (Å²) in [5, 5.41) is 12.0. The van der Waals surface area contributed by atoms with Gasteiger partial charge in [-0.25, -0.2) is 9.18 Å². The highest BCUT2D eigenvalue weighted by Crippen LogP contribution is 2.26. The van der Waals surface area contributed by atoms with Gasteiger partial charge in [-0.2, -0.15) is 0 Å². The molecular weight excluding hydrogens is 209 g/mol. The first-order chi connectivity index (χ1) is 7.68. The predicted octanol–water partition coefficient (Wildman–Crippen LogP) is 1.99. The lowest BCUT2D eigenvalue weighted by atomic mass is 9.89. The minimum Gasteiger partial charge on any atom is -0.478 e. The van der Waals surface area contributed by atoms with Crippen LogP contribution >= 0.6 is 0 Å². The number of benzene rings is 1. The molecule has 0 saturated carbocycles. The maximum Gasteiger partial charge on any atom is 0.338 e. The van der Waals surface area contributed by atoms with E-state index in [1.54, 1.807) is 6.07 Å². The molecule has 1 aliphatic heterocycles. The maximum absolute atomic E-state index is 13.5. The van der Waals surface area contributed by atoms with Crippen LogP contribution < -0.4 is 5.32 Å². The lowest BCUT2D eigenvalue weighted by Crippen LogP contribution is -2.26. The van der Waals surface area contributed by atoms with E-state index in [1.807, 2.05) is 0 Å². The fourth-order valence-electron chi connectivity index (χ4n) is 2.11. The zero-order valence-electron chi connectivity index (χ0n) is 8.87. The average Bonchev–Trinajstić information content (AvgIpc) is 2.29. The monoisotopic (exact) mass is 223 g/mol. The van der Waals surface area contributed by atoms with Crippen molar-refractivity contribution in [1.29, 1.82) is 0 Å². The number of carboxylic acid groups (broad SMARTS) is 1. The van der Waals surface area contributed by atoms with Crippen LogP contribution in [0.3, 0.4) is 0 Å². The zero-order valence-corrected chi connectivity index (χ0v) is 8.87. The molecule has 1 fully saturated rings.